The highest BCUT2D eigenvalue weighted by Gasteiger charge is 2.21. The number of carboxylic acid groups (broad SMARTS) is 1. The monoisotopic (exact) mass is 218 g/mol. The van der Waals surface area contributed by atoms with Gasteiger partial charge in [0.1, 0.15) is 5.82 Å². The van der Waals surface area contributed by atoms with Crippen molar-refractivity contribution in [1.29, 1.82) is 0 Å². The summed E-state index contributed by atoms with van der Waals surface area (Å²) >= 11 is 0. The molecule has 0 radical (unpaired) electrons. The number of aliphatic carboxylic acids is 1. The molecular weight excluding hydrogens is 209 g/mol. The Kier molecular flexibility index (Phi) is 3.34. The van der Waals surface area contributed by atoms with Crippen molar-refractivity contribution in [2.24, 2.45) is 0 Å². The molecule has 2 nitrogen and oxygen atoms in total. The van der Waals surface area contributed by atoms with E-state index in [4.69, 9.17) is 5.11 Å². The molecule has 1 N–H and O–H groups in total. The molecule has 0 bridgehead atoms. The van der Waals surface area contributed by atoms with Crippen LogP contribution in [0.5, 0.6) is 0 Å². The average molecular weight is 218 g/mol. The summed E-state index contributed by atoms with van der Waals surface area (Å²) in [6.07, 6.45) is -0.447. The van der Waals surface area contributed by atoms with Gasteiger partial charge in [-0.05, 0) is 18.1 Å². The van der Waals surface area contributed by atoms with Crippen molar-refractivity contribution in [2.75, 3.05) is 0 Å². The van der Waals surface area contributed by atoms with Gasteiger partial charge in [0.05, 0.1) is 6.42 Å². The molecular formula is C10H9F3O2. The van der Waals surface area contributed by atoms with Crippen LogP contribution < -0.4 is 0 Å². The molecule has 15 heavy (non-hydrogen) atoms. The number of carboxylic acids is 1. The molecule has 0 aromatic heterocycles. The SMILES string of the molecule is CC(CC(=O)O)c1c(F)ccc(F)c1F. The van der Waals surface area contributed by atoms with Gasteiger partial charge in [0, 0.05) is 5.56 Å². The third-order valence-electron chi connectivity index (χ3n) is 2.05. The standard InChI is InChI=1S/C10H9F3O2/c1-5(4-8(14)15)9-6(11)2-3-7(12)10(9)13/h2-3,5H,4H2,1H3,(H,14,15). The summed E-state index contributed by atoms with van der Waals surface area (Å²) in [6, 6.07) is 1.45. The number of halogens is 3. The Morgan fingerprint density at radius 3 is 2.40 bits per heavy atom. The van der Waals surface area contributed by atoms with E-state index in [0.29, 0.717) is 6.07 Å². The topological polar surface area (TPSA) is 37.3 Å². The molecule has 1 atom stereocenters. The van der Waals surface area contributed by atoms with Crippen molar-refractivity contribution in [3.05, 3.63) is 35.1 Å². The fourth-order valence-electron chi connectivity index (χ4n) is 1.36. The Morgan fingerprint density at radius 1 is 1.33 bits per heavy atom. The summed E-state index contributed by atoms with van der Waals surface area (Å²) in [5.74, 6) is -5.51. The maximum Gasteiger partial charge on any atom is 0.303 e. The van der Waals surface area contributed by atoms with Crippen LogP contribution in [0, 0.1) is 17.5 Å². The minimum Gasteiger partial charge on any atom is -0.481 e. The predicted molar refractivity (Wildman–Crippen MR) is 47.0 cm³/mol. The van der Waals surface area contributed by atoms with Gasteiger partial charge < -0.3 is 5.11 Å². The van der Waals surface area contributed by atoms with E-state index in [1.54, 1.807) is 0 Å². The van der Waals surface area contributed by atoms with Crippen LogP contribution >= 0.6 is 0 Å². The summed E-state index contributed by atoms with van der Waals surface area (Å²) in [7, 11) is 0. The molecule has 0 heterocycles. The van der Waals surface area contributed by atoms with E-state index >= 15 is 0 Å². The first-order valence-corrected chi connectivity index (χ1v) is 4.28. The number of hydrogen-bond donors (Lipinski definition) is 1. The molecule has 1 unspecified atom stereocenters. The number of carbonyl (C=O) groups is 1. The minimum atomic E-state index is -1.32. The van der Waals surface area contributed by atoms with E-state index in [1.807, 2.05) is 0 Å². The largest absolute Gasteiger partial charge is 0.481 e. The van der Waals surface area contributed by atoms with Gasteiger partial charge >= 0.3 is 5.97 Å². The lowest BCUT2D eigenvalue weighted by atomic mass is 9.96. The first-order chi connectivity index (χ1) is 6.93. The smallest absolute Gasteiger partial charge is 0.303 e. The Labute approximate surface area is 84.3 Å². The first kappa shape index (κ1) is 11.6. The van der Waals surface area contributed by atoms with E-state index < -0.39 is 41.3 Å². The average Bonchev–Trinajstić information content (AvgIpc) is 2.11. The second-order valence-electron chi connectivity index (χ2n) is 3.26. The molecule has 0 aliphatic carbocycles. The second-order valence-corrected chi connectivity index (χ2v) is 3.26. The normalized spacial score (nSPS) is 12.5. The van der Waals surface area contributed by atoms with E-state index in [0.717, 1.165) is 6.07 Å². The van der Waals surface area contributed by atoms with Crippen molar-refractivity contribution in [3.8, 4) is 0 Å². The number of benzene rings is 1. The van der Waals surface area contributed by atoms with Gasteiger partial charge in [-0.1, -0.05) is 6.92 Å². The zero-order chi connectivity index (χ0) is 11.6. The van der Waals surface area contributed by atoms with Gasteiger partial charge in [-0.15, -0.1) is 0 Å². The minimum absolute atomic E-state index is 0.447. The maximum absolute atomic E-state index is 13.2. The molecule has 1 rings (SSSR count). The Balaban J connectivity index is 3.12. The van der Waals surface area contributed by atoms with Gasteiger partial charge in [0.25, 0.3) is 0 Å². The molecule has 0 aliphatic rings. The summed E-state index contributed by atoms with van der Waals surface area (Å²) in [5, 5.41) is 8.46. The van der Waals surface area contributed by atoms with Crippen LogP contribution in [0.2, 0.25) is 0 Å². The lowest BCUT2D eigenvalue weighted by molar-refractivity contribution is -0.137. The highest BCUT2D eigenvalue weighted by Crippen LogP contribution is 2.26. The molecule has 0 saturated carbocycles. The van der Waals surface area contributed by atoms with Crippen molar-refractivity contribution < 1.29 is 23.1 Å². The van der Waals surface area contributed by atoms with Crippen LogP contribution in [-0.2, 0) is 4.79 Å². The van der Waals surface area contributed by atoms with Crippen LogP contribution in [0.4, 0.5) is 13.2 Å². The Morgan fingerprint density at radius 2 is 1.87 bits per heavy atom. The highest BCUT2D eigenvalue weighted by molar-refractivity contribution is 5.68. The molecule has 0 spiro atoms. The molecule has 1 aromatic rings. The molecule has 82 valence electrons. The quantitative estimate of drug-likeness (QED) is 0.792. The second kappa shape index (κ2) is 4.33. The molecule has 1 aromatic carbocycles. The molecule has 0 amide bonds. The Hall–Kier alpha value is -1.52. The summed E-state index contributed by atoms with van der Waals surface area (Å²) < 4.78 is 39.1. The molecule has 0 saturated heterocycles. The van der Waals surface area contributed by atoms with Crippen molar-refractivity contribution in [3.63, 3.8) is 0 Å². The third kappa shape index (κ3) is 2.49. The van der Waals surface area contributed by atoms with Gasteiger partial charge in [0.15, 0.2) is 11.6 Å². The van der Waals surface area contributed by atoms with Gasteiger partial charge in [-0.2, -0.15) is 0 Å². The van der Waals surface area contributed by atoms with Crippen LogP contribution in [0.3, 0.4) is 0 Å². The van der Waals surface area contributed by atoms with Gasteiger partial charge in [-0.25, -0.2) is 13.2 Å². The van der Waals surface area contributed by atoms with E-state index in [2.05, 4.69) is 0 Å². The summed E-state index contributed by atoms with van der Waals surface area (Å²) in [4.78, 5) is 10.4. The summed E-state index contributed by atoms with van der Waals surface area (Å²) in [6.45, 7) is 1.33. The third-order valence-corrected chi connectivity index (χ3v) is 2.05. The van der Waals surface area contributed by atoms with E-state index in [-0.39, 0.29) is 0 Å². The predicted octanol–water partition coefficient (Wildman–Crippen LogP) is 2.68. The highest BCUT2D eigenvalue weighted by atomic mass is 19.2. The number of rotatable bonds is 3. The van der Waals surface area contributed by atoms with E-state index in [1.165, 1.54) is 6.92 Å². The fourth-order valence-corrected chi connectivity index (χ4v) is 1.36. The zero-order valence-electron chi connectivity index (χ0n) is 7.93. The van der Waals surface area contributed by atoms with Crippen LogP contribution in [0.25, 0.3) is 0 Å². The molecule has 0 aliphatic heterocycles. The lowest BCUT2D eigenvalue weighted by Crippen LogP contribution is -2.08. The summed E-state index contributed by atoms with van der Waals surface area (Å²) in [5.41, 5.74) is -0.516. The number of hydrogen-bond acceptors (Lipinski definition) is 1. The van der Waals surface area contributed by atoms with Crippen LogP contribution in [0.15, 0.2) is 12.1 Å². The van der Waals surface area contributed by atoms with Crippen LogP contribution in [-0.4, -0.2) is 11.1 Å². The Bertz CT molecular complexity index is 390. The van der Waals surface area contributed by atoms with Crippen molar-refractivity contribution in [2.45, 2.75) is 19.3 Å². The van der Waals surface area contributed by atoms with Crippen molar-refractivity contribution >= 4 is 5.97 Å². The fraction of sp³-hybridized carbons (Fsp3) is 0.300. The molecule has 5 heteroatoms. The first-order valence-electron chi connectivity index (χ1n) is 4.28. The lowest BCUT2D eigenvalue weighted by Gasteiger charge is -2.11. The van der Waals surface area contributed by atoms with Gasteiger partial charge in [0.2, 0.25) is 0 Å². The van der Waals surface area contributed by atoms with Crippen LogP contribution in [0.1, 0.15) is 24.8 Å². The van der Waals surface area contributed by atoms with Crippen molar-refractivity contribution in [1.82, 2.24) is 0 Å². The van der Waals surface area contributed by atoms with Gasteiger partial charge in [-0.3, -0.25) is 4.79 Å². The maximum atomic E-state index is 13.2. The van der Waals surface area contributed by atoms with E-state index in [9.17, 15) is 18.0 Å². The zero-order valence-corrected chi connectivity index (χ0v) is 7.93. The molecule has 0 fully saturated rings.